The molecule has 0 bridgehead atoms. The van der Waals surface area contributed by atoms with Gasteiger partial charge in [0.2, 0.25) is 10.0 Å². The normalized spacial score (nSPS) is 25.0. The minimum absolute atomic E-state index is 0.141. The zero-order chi connectivity index (χ0) is 14.9. The van der Waals surface area contributed by atoms with Crippen molar-refractivity contribution < 1.29 is 8.42 Å². The van der Waals surface area contributed by atoms with Gasteiger partial charge in [0.1, 0.15) is 0 Å². The maximum absolute atomic E-state index is 12.2. The topological polar surface area (TPSA) is 58.2 Å². The molecule has 21 heavy (non-hydrogen) atoms. The second kappa shape index (κ2) is 6.07. The third kappa shape index (κ3) is 4.05. The standard InChI is InChI=1S/C16H24N2O2S/c1-2-13-11-16(13)18-21(19,20)15-7-3-12(4-8-15)9-10-17-14-5-6-14/h3-4,7-8,13-14,16-18H,2,5-6,9-11H2,1H3. The van der Waals surface area contributed by atoms with Crippen LogP contribution in [0, 0.1) is 5.92 Å². The van der Waals surface area contributed by atoms with Crippen LogP contribution in [0.5, 0.6) is 0 Å². The molecule has 2 fully saturated rings. The molecule has 0 radical (unpaired) electrons. The van der Waals surface area contributed by atoms with Crippen molar-refractivity contribution in [2.45, 2.75) is 56.0 Å². The molecule has 2 saturated carbocycles. The molecule has 2 aliphatic carbocycles. The first-order chi connectivity index (χ1) is 10.1. The van der Waals surface area contributed by atoms with Crippen LogP contribution in [0.2, 0.25) is 0 Å². The third-order valence-corrected chi connectivity index (χ3v) is 5.92. The fraction of sp³-hybridized carbons (Fsp3) is 0.625. The van der Waals surface area contributed by atoms with Crippen LogP contribution >= 0.6 is 0 Å². The van der Waals surface area contributed by atoms with Gasteiger partial charge in [-0.05, 0) is 55.8 Å². The highest BCUT2D eigenvalue weighted by molar-refractivity contribution is 7.89. The minimum Gasteiger partial charge on any atom is -0.314 e. The Morgan fingerprint density at radius 3 is 2.48 bits per heavy atom. The van der Waals surface area contributed by atoms with E-state index >= 15 is 0 Å². The maximum atomic E-state index is 12.2. The third-order valence-electron chi connectivity index (χ3n) is 4.41. The monoisotopic (exact) mass is 308 g/mol. The van der Waals surface area contributed by atoms with Crippen molar-refractivity contribution in [1.82, 2.24) is 10.0 Å². The number of sulfonamides is 1. The molecule has 0 aliphatic heterocycles. The molecule has 1 aromatic rings. The number of hydrogen-bond donors (Lipinski definition) is 2. The number of nitrogens with one attached hydrogen (secondary N) is 2. The Morgan fingerprint density at radius 2 is 1.90 bits per heavy atom. The fourth-order valence-corrected chi connectivity index (χ4v) is 3.97. The molecule has 2 atom stereocenters. The van der Waals surface area contributed by atoms with Crippen LogP contribution in [0.4, 0.5) is 0 Å². The van der Waals surface area contributed by atoms with Crippen LogP contribution in [0.25, 0.3) is 0 Å². The summed E-state index contributed by atoms with van der Waals surface area (Å²) >= 11 is 0. The lowest BCUT2D eigenvalue weighted by Crippen LogP contribution is -2.27. The van der Waals surface area contributed by atoms with Crippen LogP contribution in [0.15, 0.2) is 29.2 Å². The van der Waals surface area contributed by atoms with E-state index in [1.54, 1.807) is 12.1 Å². The molecule has 4 nitrogen and oxygen atoms in total. The van der Waals surface area contributed by atoms with Gasteiger partial charge >= 0.3 is 0 Å². The Morgan fingerprint density at radius 1 is 1.19 bits per heavy atom. The lowest BCUT2D eigenvalue weighted by molar-refractivity contribution is 0.576. The van der Waals surface area contributed by atoms with Crippen LogP contribution in [0.1, 0.15) is 38.2 Å². The Kier molecular flexibility index (Phi) is 4.33. The van der Waals surface area contributed by atoms with E-state index in [1.807, 2.05) is 12.1 Å². The maximum Gasteiger partial charge on any atom is 0.240 e. The summed E-state index contributed by atoms with van der Waals surface area (Å²) in [7, 11) is -3.35. The van der Waals surface area contributed by atoms with Crippen molar-refractivity contribution in [1.29, 1.82) is 0 Å². The van der Waals surface area contributed by atoms with Gasteiger partial charge in [-0.25, -0.2) is 13.1 Å². The van der Waals surface area contributed by atoms with E-state index in [4.69, 9.17) is 0 Å². The van der Waals surface area contributed by atoms with E-state index in [1.165, 1.54) is 18.4 Å². The van der Waals surface area contributed by atoms with Crippen LogP contribution in [0.3, 0.4) is 0 Å². The van der Waals surface area contributed by atoms with Gasteiger partial charge in [0, 0.05) is 12.1 Å². The van der Waals surface area contributed by atoms with Crippen molar-refractivity contribution >= 4 is 10.0 Å². The van der Waals surface area contributed by atoms with Crippen molar-refractivity contribution in [3.8, 4) is 0 Å². The number of rotatable bonds is 8. The highest BCUT2D eigenvalue weighted by atomic mass is 32.2. The largest absolute Gasteiger partial charge is 0.314 e. The van der Waals surface area contributed by atoms with Crippen molar-refractivity contribution in [3.05, 3.63) is 29.8 Å². The van der Waals surface area contributed by atoms with E-state index < -0.39 is 10.0 Å². The van der Waals surface area contributed by atoms with E-state index in [-0.39, 0.29) is 6.04 Å². The summed E-state index contributed by atoms with van der Waals surface area (Å²) in [5.74, 6) is 0.521. The summed E-state index contributed by atoms with van der Waals surface area (Å²) in [6.45, 7) is 3.07. The predicted octanol–water partition coefficient (Wildman–Crippen LogP) is 2.06. The molecule has 2 N–H and O–H groups in total. The number of hydrogen-bond acceptors (Lipinski definition) is 3. The summed E-state index contributed by atoms with van der Waals surface area (Å²) in [4.78, 5) is 0.378. The first kappa shape index (κ1) is 15.0. The highest BCUT2D eigenvalue weighted by Gasteiger charge is 2.38. The molecular formula is C16H24N2O2S. The average molecular weight is 308 g/mol. The minimum atomic E-state index is -3.35. The molecule has 2 aliphatic rings. The number of benzene rings is 1. The summed E-state index contributed by atoms with van der Waals surface area (Å²) in [5.41, 5.74) is 1.18. The molecule has 0 saturated heterocycles. The summed E-state index contributed by atoms with van der Waals surface area (Å²) in [5, 5.41) is 3.46. The zero-order valence-corrected chi connectivity index (χ0v) is 13.3. The van der Waals surface area contributed by atoms with Crippen molar-refractivity contribution in [2.75, 3.05) is 6.54 Å². The van der Waals surface area contributed by atoms with Gasteiger partial charge in [0.05, 0.1) is 4.90 Å². The lowest BCUT2D eigenvalue weighted by atomic mass is 10.1. The van der Waals surface area contributed by atoms with Gasteiger partial charge in [-0.1, -0.05) is 25.5 Å². The molecular weight excluding hydrogens is 284 g/mol. The van der Waals surface area contributed by atoms with Crippen molar-refractivity contribution in [2.24, 2.45) is 5.92 Å². The molecule has 0 amide bonds. The molecule has 0 heterocycles. The Bertz CT molecular complexity index is 579. The van der Waals surface area contributed by atoms with Gasteiger partial charge in [-0.2, -0.15) is 0 Å². The Hall–Kier alpha value is -0.910. The van der Waals surface area contributed by atoms with Crippen LogP contribution in [-0.2, 0) is 16.4 Å². The molecule has 3 rings (SSSR count). The molecule has 2 unspecified atom stereocenters. The average Bonchev–Trinajstić information content (AvgIpc) is 3.36. The van der Waals surface area contributed by atoms with Crippen LogP contribution < -0.4 is 10.0 Å². The van der Waals surface area contributed by atoms with Crippen molar-refractivity contribution in [3.63, 3.8) is 0 Å². The predicted molar refractivity (Wildman–Crippen MR) is 83.7 cm³/mol. The summed E-state index contributed by atoms with van der Waals surface area (Å²) in [6.07, 6.45) is 5.55. The van der Waals surface area contributed by atoms with E-state index in [2.05, 4.69) is 17.0 Å². The van der Waals surface area contributed by atoms with Gasteiger partial charge in [-0.15, -0.1) is 0 Å². The Balaban J connectivity index is 1.54. The zero-order valence-electron chi connectivity index (χ0n) is 12.5. The highest BCUT2D eigenvalue weighted by Crippen LogP contribution is 2.34. The molecule has 5 heteroatoms. The smallest absolute Gasteiger partial charge is 0.240 e. The lowest BCUT2D eigenvalue weighted by Gasteiger charge is -2.08. The quantitative estimate of drug-likeness (QED) is 0.773. The molecule has 1 aromatic carbocycles. The first-order valence-corrected chi connectivity index (χ1v) is 9.41. The molecule has 0 aromatic heterocycles. The van der Waals surface area contributed by atoms with Crippen LogP contribution in [-0.4, -0.2) is 27.0 Å². The second-order valence-corrected chi connectivity index (χ2v) is 7.97. The summed E-state index contributed by atoms with van der Waals surface area (Å²) < 4.78 is 27.3. The van der Waals surface area contributed by atoms with Gasteiger partial charge in [0.15, 0.2) is 0 Å². The van der Waals surface area contributed by atoms with Gasteiger partial charge in [0.25, 0.3) is 0 Å². The van der Waals surface area contributed by atoms with E-state index in [9.17, 15) is 8.42 Å². The molecule has 116 valence electrons. The molecule has 0 spiro atoms. The van der Waals surface area contributed by atoms with E-state index in [0.29, 0.717) is 10.8 Å². The Labute approximate surface area is 127 Å². The SMILES string of the molecule is CCC1CC1NS(=O)(=O)c1ccc(CCNC2CC2)cc1. The second-order valence-electron chi connectivity index (χ2n) is 6.25. The van der Waals surface area contributed by atoms with Gasteiger partial charge < -0.3 is 5.32 Å². The van der Waals surface area contributed by atoms with Gasteiger partial charge in [-0.3, -0.25) is 0 Å². The van der Waals surface area contributed by atoms with E-state index in [0.717, 1.165) is 31.8 Å². The summed E-state index contributed by atoms with van der Waals surface area (Å²) in [6, 6.07) is 8.15. The first-order valence-electron chi connectivity index (χ1n) is 7.93. The fourth-order valence-electron chi connectivity index (χ4n) is 2.65.